The fraction of sp³-hybridized carbons (Fsp3) is 0.727. The first-order valence-corrected chi connectivity index (χ1v) is 5.67. The van der Waals surface area contributed by atoms with Crippen LogP contribution >= 0.6 is 0 Å². The Morgan fingerprint density at radius 3 is 2.57 bits per heavy atom. The van der Waals surface area contributed by atoms with Crippen molar-refractivity contribution in [3.8, 4) is 0 Å². The second kappa shape index (κ2) is 2.75. The highest BCUT2D eigenvalue weighted by molar-refractivity contribution is 5.43. The van der Waals surface area contributed by atoms with Gasteiger partial charge in [-0.3, -0.25) is 0 Å². The molecule has 2 aliphatic rings. The zero-order chi connectivity index (χ0) is 9.71. The van der Waals surface area contributed by atoms with E-state index in [1.807, 2.05) is 0 Å². The smallest absolute Gasteiger partial charge is 0.127 e. The van der Waals surface area contributed by atoms with Crippen LogP contribution < -0.4 is 5.73 Å². The standard InChI is InChI=1S/C11H17N3/c1-2-9-13-10(7-3-4-7)11(12)14(9)8-5-6-8/h7-8H,2-6,12H2,1H3. The Labute approximate surface area is 84.3 Å². The number of hydrogen-bond donors (Lipinski definition) is 1. The lowest BCUT2D eigenvalue weighted by Gasteiger charge is -2.06. The quantitative estimate of drug-likeness (QED) is 0.796. The fourth-order valence-electron chi connectivity index (χ4n) is 2.16. The highest BCUT2D eigenvalue weighted by Crippen LogP contribution is 2.46. The maximum Gasteiger partial charge on any atom is 0.127 e. The summed E-state index contributed by atoms with van der Waals surface area (Å²) in [7, 11) is 0. The molecule has 0 spiro atoms. The maximum atomic E-state index is 6.16. The molecule has 0 amide bonds. The molecule has 2 fully saturated rings. The minimum Gasteiger partial charge on any atom is -0.384 e. The lowest BCUT2D eigenvalue weighted by Crippen LogP contribution is -2.04. The van der Waals surface area contributed by atoms with Crippen molar-refractivity contribution in [2.45, 2.75) is 51.0 Å². The summed E-state index contributed by atoms with van der Waals surface area (Å²) in [5, 5.41) is 0. The zero-order valence-electron chi connectivity index (χ0n) is 8.66. The van der Waals surface area contributed by atoms with E-state index >= 15 is 0 Å². The number of hydrogen-bond acceptors (Lipinski definition) is 2. The van der Waals surface area contributed by atoms with Gasteiger partial charge in [0.15, 0.2) is 0 Å². The van der Waals surface area contributed by atoms with Crippen LogP contribution in [0.5, 0.6) is 0 Å². The third-order valence-electron chi connectivity index (χ3n) is 3.24. The van der Waals surface area contributed by atoms with Crippen molar-refractivity contribution in [2.75, 3.05) is 5.73 Å². The van der Waals surface area contributed by atoms with Crippen LogP contribution in [-0.2, 0) is 6.42 Å². The summed E-state index contributed by atoms with van der Waals surface area (Å²) < 4.78 is 2.29. The van der Waals surface area contributed by atoms with E-state index in [2.05, 4.69) is 16.5 Å². The summed E-state index contributed by atoms with van der Waals surface area (Å²) in [6.45, 7) is 2.16. The number of rotatable bonds is 3. The molecule has 0 aliphatic heterocycles. The Hall–Kier alpha value is -0.990. The molecule has 2 saturated carbocycles. The van der Waals surface area contributed by atoms with Crippen LogP contribution in [0.3, 0.4) is 0 Å². The number of nitrogen functional groups attached to an aromatic ring is 1. The highest BCUT2D eigenvalue weighted by Gasteiger charge is 2.34. The van der Waals surface area contributed by atoms with Crippen molar-refractivity contribution in [1.82, 2.24) is 9.55 Å². The van der Waals surface area contributed by atoms with Crippen LogP contribution in [0.1, 0.15) is 56.1 Å². The van der Waals surface area contributed by atoms with Crippen molar-refractivity contribution >= 4 is 5.82 Å². The van der Waals surface area contributed by atoms with Gasteiger partial charge in [-0.15, -0.1) is 0 Å². The molecule has 1 aromatic heterocycles. The Kier molecular flexibility index (Phi) is 1.64. The van der Waals surface area contributed by atoms with Gasteiger partial charge in [-0.25, -0.2) is 4.98 Å². The summed E-state index contributed by atoms with van der Waals surface area (Å²) >= 11 is 0. The second-order valence-electron chi connectivity index (χ2n) is 4.53. The van der Waals surface area contributed by atoms with Crippen LogP contribution in [0.25, 0.3) is 0 Å². The van der Waals surface area contributed by atoms with Gasteiger partial charge in [-0.05, 0) is 25.7 Å². The summed E-state index contributed by atoms with van der Waals surface area (Å²) in [6, 6.07) is 0.671. The van der Waals surface area contributed by atoms with E-state index in [9.17, 15) is 0 Å². The number of nitrogens with zero attached hydrogens (tertiary/aromatic N) is 2. The van der Waals surface area contributed by atoms with E-state index in [-0.39, 0.29) is 0 Å². The van der Waals surface area contributed by atoms with E-state index in [1.54, 1.807) is 0 Å². The van der Waals surface area contributed by atoms with E-state index < -0.39 is 0 Å². The molecule has 0 radical (unpaired) electrons. The number of aromatic nitrogens is 2. The Morgan fingerprint density at radius 1 is 1.36 bits per heavy atom. The molecule has 0 aromatic carbocycles. The highest BCUT2D eigenvalue weighted by atomic mass is 15.2. The first-order chi connectivity index (χ1) is 6.81. The van der Waals surface area contributed by atoms with Crippen LogP contribution in [0.4, 0.5) is 5.82 Å². The van der Waals surface area contributed by atoms with Gasteiger partial charge >= 0.3 is 0 Å². The molecule has 2 aliphatic carbocycles. The Balaban J connectivity index is 2.05. The first kappa shape index (κ1) is 8.33. The van der Waals surface area contributed by atoms with Crippen molar-refractivity contribution < 1.29 is 0 Å². The average Bonchev–Trinajstić information content (AvgIpc) is 3.05. The molecule has 14 heavy (non-hydrogen) atoms. The minimum atomic E-state index is 0.671. The van der Waals surface area contributed by atoms with E-state index in [1.165, 1.54) is 37.2 Å². The molecule has 3 rings (SSSR count). The summed E-state index contributed by atoms with van der Waals surface area (Å²) in [5.41, 5.74) is 7.35. The van der Waals surface area contributed by atoms with Crippen molar-refractivity contribution in [1.29, 1.82) is 0 Å². The second-order valence-corrected chi connectivity index (χ2v) is 4.53. The van der Waals surface area contributed by atoms with E-state index in [0.717, 1.165) is 12.2 Å². The van der Waals surface area contributed by atoms with E-state index in [4.69, 9.17) is 5.73 Å². The number of aryl methyl sites for hydroxylation is 1. The van der Waals surface area contributed by atoms with Crippen molar-refractivity contribution in [3.05, 3.63) is 11.5 Å². The monoisotopic (exact) mass is 191 g/mol. The molecule has 1 heterocycles. The van der Waals surface area contributed by atoms with Crippen LogP contribution in [0.15, 0.2) is 0 Å². The normalized spacial score (nSPS) is 21.5. The number of anilines is 1. The van der Waals surface area contributed by atoms with Gasteiger partial charge in [-0.2, -0.15) is 0 Å². The van der Waals surface area contributed by atoms with Gasteiger partial charge < -0.3 is 10.3 Å². The van der Waals surface area contributed by atoms with E-state index in [0.29, 0.717) is 12.0 Å². The minimum absolute atomic E-state index is 0.671. The van der Waals surface area contributed by atoms with Gasteiger partial charge in [0.25, 0.3) is 0 Å². The zero-order valence-corrected chi connectivity index (χ0v) is 8.66. The first-order valence-electron chi connectivity index (χ1n) is 5.67. The largest absolute Gasteiger partial charge is 0.384 e. The molecule has 3 nitrogen and oxygen atoms in total. The summed E-state index contributed by atoms with van der Waals surface area (Å²) in [5.74, 6) is 2.85. The molecule has 0 atom stereocenters. The average molecular weight is 191 g/mol. The third kappa shape index (κ3) is 1.15. The number of nitrogens with two attached hydrogens (primary N) is 1. The maximum absolute atomic E-state index is 6.16. The van der Waals surface area contributed by atoms with Gasteiger partial charge in [0, 0.05) is 18.4 Å². The molecule has 76 valence electrons. The summed E-state index contributed by atoms with van der Waals surface area (Å²) in [4.78, 5) is 4.69. The van der Waals surface area contributed by atoms with Crippen LogP contribution in [0, 0.1) is 0 Å². The number of imidazole rings is 1. The molecular weight excluding hydrogens is 174 g/mol. The van der Waals surface area contributed by atoms with Gasteiger partial charge in [0.05, 0.1) is 5.69 Å². The SMILES string of the molecule is CCc1nc(C2CC2)c(N)n1C1CC1. The fourth-order valence-corrected chi connectivity index (χ4v) is 2.16. The summed E-state index contributed by atoms with van der Waals surface area (Å²) in [6.07, 6.45) is 6.16. The lowest BCUT2D eigenvalue weighted by molar-refractivity contribution is 0.696. The molecule has 0 unspecified atom stereocenters. The third-order valence-corrected chi connectivity index (χ3v) is 3.24. The van der Waals surface area contributed by atoms with Gasteiger partial charge in [0.2, 0.25) is 0 Å². The Bertz CT molecular complexity index is 359. The molecule has 0 bridgehead atoms. The van der Waals surface area contributed by atoms with Crippen LogP contribution in [0.2, 0.25) is 0 Å². The van der Waals surface area contributed by atoms with Crippen molar-refractivity contribution in [2.24, 2.45) is 0 Å². The van der Waals surface area contributed by atoms with Gasteiger partial charge in [-0.1, -0.05) is 6.92 Å². The lowest BCUT2D eigenvalue weighted by atomic mass is 10.3. The molecule has 3 heteroatoms. The topological polar surface area (TPSA) is 43.8 Å². The predicted octanol–water partition coefficient (Wildman–Crippen LogP) is 2.24. The molecule has 2 N–H and O–H groups in total. The molecule has 1 aromatic rings. The Morgan fingerprint density at radius 2 is 2.07 bits per heavy atom. The molecule has 0 saturated heterocycles. The predicted molar refractivity (Wildman–Crippen MR) is 56.3 cm³/mol. The van der Waals surface area contributed by atoms with Crippen molar-refractivity contribution in [3.63, 3.8) is 0 Å². The van der Waals surface area contributed by atoms with Crippen LogP contribution in [-0.4, -0.2) is 9.55 Å². The molecular formula is C11H17N3. The van der Waals surface area contributed by atoms with Gasteiger partial charge in [0.1, 0.15) is 11.6 Å².